The highest BCUT2D eigenvalue weighted by molar-refractivity contribution is 7.90. The Morgan fingerprint density at radius 2 is 1.78 bits per heavy atom. The molecule has 0 atom stereocenters. The van der Waals surface area contributed by atoms with Gasteiger partial charge in [0.25, 0.3) is 10.2 Å². The molecule has 1 aliphatic rings. The van der Waals surface area contributed by atoms with Gasteiger partial charge in [0.05, 0.1) is 17.1 Å². The Labute approximate surface area is 168 Å². The number of fused-ring (bicyclic) bond motifs is 1. The van der Waals surface area contributed by atoms with Crippen LogP contribution in [0.25, 0.3) is 0 Å². The van der Waals surface area contributed by atoms with Crippen LogP contribution in [0.4, 0.5) is 17.1 Å². The Kier molecular flexibility index (Phi) is 7.18. The lowest BCUT2D eigenvalue weighted by molar-refractivity contribution is -0.123. The third kappa shape index (κ3) is 5.06. The van der Waals surface area contributed by atoms with Crippen LogP contribution in [0.2, 0.25) is 0 Å². The summed E-state index contributed by atoms with van der Waals surface area (Å²) in [5, 5.41) is 8.25. The maximum absolute atomic E-state index is 12.6. The quantitative estimate of drug-likeness (QED) is 0.683. The number of carbonyl (C=O) groups excluding carboxylic acids is 1. The van der Waals surface area contributed by atoms with E-state index in [9.17, 15) is 13.2 Å². The Hall–Kier alpha value is -1.51. The summed E-state index contributed by atoms with van der Waals surface area (Å²) >= 11 is 0. The molecule has 0 unspecified atom stereocenters. The van der Waals surface area contributed by atoms with E-state index >= 15 is 0 Å². The van der Waals surface area contributed by atoms with Crippen molar-refractivity contribution in [3.05, 3.63) is 16.7 Å². The number of nitrogens with two attached hydrogens (primary N) is 1. The van der Waals surface area contributed by atoms with Crippen molar-refractivity contribution >= 4 is 45.6 Å². The summed E-state index contributed by atoms with van der Waals surface area (Å²) < 4.78 is 25.7. The van der Waals surface area contributed by atoms with Gasteiger partial charge in [0.2, 0.25) is 5.91 Å². The number of anilines is 3. The van der Waals surface area contributed by atoms with Crippen LogP contribution in [0.3, 0.4) is 0 Å². The Balaban J connectivity index is 0.00000364. The summed E-state index contributed by atoms with van der Waals surface area (Å²) in [6.45, 7) is 13.1. The second kappa shape index (κ2) is 8.24. The van der Waals surface area contributed by atoms with Gasteiger partial charge in [-0.2, -0.15) is 8.42 Å². The molecular weight excluding hydrogens is 388 g/mol. The van der Waals surface area contributed by atoms with E-state index in [1.54, 1.807) is 0 Å². The maximum Gasteiger partial charge on any atom is 0.296 e. The van der Waals surface area contributed by atoms with E-state index < -0.39 is 15.6 Å². The third-order valence-corrected chi connectivity index (χ3v) is 5.19. The fraction of sp³-hybridized carbons (Fsp3) is 0.611. The molecule has 27 heavy (non-hydrogen) atoms. The lowest BCUT2D eigenvalue weighted by Crippen LogP contribution is -2.30. The number of nitrogens with one attached hydrogen (secondary N) is 2. The average molecular weight is 419 g/mol. The van der Waals surface area contributed by atoms with E-state index in [0.717, 1.165) is 42.7 Å². The lowest BCUT2D eigenvalue weighted by atomic mass is 9.94. The van der Waals surface area contributed by atoms with Crippen molar-refractivity contribution in [3.8, 4) is 0 Å². The number of hydrogen-bond donors (Lipinski definition) is 3. The monoisotopic (exact) mass is 418 g/mol. The third-order valence-electron chi connectivity index (χ3n) is 4.71. The molecule has 1 aliphatic heterocycles. The van der Waals surface area contributed by atoms with Crippen LogP contribution in [-0.2, 0) is 21.4 Å². The molecule has 7 nitrogen and oxygen atoms in total. The van der Waals surface area contributed by atoms with Gasteiger partial charge in [0.1, 0.15) is 0 Å². The smallest absolute Gasteiger partial charge is 0.296 e. The molecule has 0 saturated carbocycles. The summed E-state index contributed by atoms with van der Waals surface area (Å²) in [7, 11) is -3.91. The first-order valence-electron chi connectivity index (χ1n) is 8.89. The maximum atomic E-state index is 12.6. The largest absolute Gasteiger partial charge is 0.369 e. The topological polar surface area (TPSA) is 105 Å². The highest BCUT2D eigenvalue weighted by Crippen LogP contribution is 2.45. The van der Waals surface area contributed by atoms with Crippen molar-refractivity contribution in [1.82, 2.24) is 0 Å². The first-order chi connectivity index (χ1) is 11.9. The summed E-state index contributed by atoms with van der Waals surface area (Å²) in [5.74, 6) is -0.114. The van der Waals surface area contributed by atoms with E-state index in [-0.39, 0.29) is 18.3 Å². The zero-order valence-corrected chi connectivity index (χ0v) is 18.5. The van der Waals surface area contributed by atoms with E-state index in [0.29, 0.717) is 16.9 Å². The van der Waals surface area contributed by atoms with Crippen LogP contribution in [-0.4, -0.2) is 27.4 Å². The average Bonchev–Trinajstić information content (AvgIpc) is 2.90. The molecule has 1 amide bonds. The van der Waals surface area contributed by atoms with E-state index in [1.165, 1.54) is 0 Å². The molecule has 0 saturated heterocycles. The molecule has 1 aromatic carbocycles. The second-order valence-electron chi connectivity index (χ2n) is 7.92. The molecule has 0 aromatic heterocycles. The Morgan fingerprint density at radius 1 is 1.19 bits per heavy atom. The van der Waals surface area contributed by atoms with Gasteiger partial charge < -0.3 is 10.2 Å². The van der Waals surface area contributed by atoms with Gasteiger partial charge in [-0.25, -0.2) is 5.14 Å². The summed E-state index contributed by atoms with van der Waals surface area (Å²) in [4.78, 5) is 14.9. The molecule has 0 bridgehead atoms. The van der Waals surface area contributed by atoms with Gasteiger partial charge in [-0.05, 0) is 43.4 Å². The highest BCUT2D eigenvalue weighted by atomic mass is 35.5. The molecule has 0 aliphatic carbocycles. The standard InChI is InChI=1S/C18H30N4O3S.ClH/c1-7-9-22-10-8-13-11(2)14(21-26(19,24)25)12(3)15(16(13)22)20-17(23)18(4,5)6;/h21H,7-10H2,1-6H3,(H,20,23)(H2,19,24,25);1H. The first-order valence-corrected chi connectivity index (χ1v) is 10.4. The van der Waals surface area contributed by atoms with Crippen molar-refractivity contribution in [1.29, 1.82) is 0 Å². The van der Waals surface area contributed by atoms with Crippen LogP contribution in [0, 0.1) is 19.3 Å². The predicted molar refractivity (Wildman–Crippen MR) is 114 cm³/mol. The van der Waals surface area contributed by atoms with Crippen LogP contribution in [0.1, 0.15) is 50.8 Å². The van der Waals surface area contributed by atoms with Crippen molar-refractivity contribution < 1.29 is 13.2 Å². The van der Waals surface area contributed by atoms with Crippen molar-refractivity contribution in [2.45, 2.75) is 54.4 Å². The molecule has 2 rings (SSSR count). The van der Waals surface area contributed by atoms with Crippen molar-refractivity contribution in [2.24, 2.45) is 10.6 Å². The van der Waals surface area contributed by atoms with Crippen LogP contribution >= 0.6 is 12.4 Å². The van der Waals surface area contributed by atoms with Gasteiger partial charge in [0.15, 0.2) is 0 Å². The predicted octanol–water partition coefficient (Wildman–Crippen LogP) is 3.10. The lowest BCUT2D eigenvalue weighted by Gasteiger charge is -2.28. The van der Waals surface area contributed by atoms with E-state index in [1.807, 2.05) is 34.6 Å². The van der Waals surface area contributed by atoms with Crippen LogP contribution in [0.15, 0.2) is 0 Å². The van der Waals surface area contributed by atoms with Crippen molar-refractivity contribution in [2.75, 3.05) is 28.0 Å². The van der Waals surface area contributed by atoms with Gasteiger partial charge in [-0.3, -0.25) is 9.52 Å². The first kappa shape index (κ1) is 23.5. The van der Waals surface area contributed by atoms with Gasteiger partial charge >= 0.3 is 0 Å². The van der Waals surface area contributed by atoms with E-state index in [2.05, 4.69) is 21.9 Å². The molecule has 154 valence electrons. The number of carbonyl (C=O) groups is 1. The molecule has 1 aromatic rings. The Morgan fingerprint density at radius 3 is 2.26 bits per heavy atom. The number of halogens is 1. The zero-order chi connectivity index (χ0) is 19.9. The zero-order valence-electron chi connectivity index (χ0n) is 16.9. The summed E-state index contributed by atoms with van der Waals surface area (Å²) in [6, 6.07) is 0. The van der Waals surface area contributed by atoms with Crippen LogP contribution < -0.4 is 20.1 Å². The highest BCUT2D eigenvalue weighted by Gasteiger charge is 2.31. The molecular formula is C18H31ClN4O3S. The number of amides is 1. The molecule has 0 fully saturated rings. The number of hydrogen-bond acceptors (Lipinski definition) is 4. The molecule has 0 radical (unpaired) electrons. The number of rotatable bonds is 5. The molecule has 4 N–H and O–H groups in total. The molecule has 9 heteroatoms. The normalized spacial score (nSPS) is 13.8. The van der Waals surface area contributed by atoms with Gasteiger partial charge in [-0.15, -0.1) is 12.4 Å². The number of nitrogens with zero attached hydrogens (tertiary/aromatic N) is 1. The molecule has 1 heterocycles. The van der Waals surface area contributed by atoms with Gasteiger partial charge in [0, 0.05) is 18.5 Å². The summed E-state index contributed by atoms with van der Waals surface area (Å²) in [5.41, 5.74) is 4.15. The minimum Gasteiger partial charge on any atom is -0.369 e. The summed E-state index contributed by atoms with van der Waals surface area (Å²) in [6.07, 6.45) is 1.79. The Bertz CT molecular complexity index is 832. The minimum absolute atomic E-state index is 0. The van der Waals surface area contributed by atoms with Gasteiger partial charge in [-0.1, -0.05) is 27.7 Å². The van der Waals surface area contributed by atoms with E-state index in [4.69, 9.17) is 5.14 Å². The molecule has 0 spiro atoms. The van der Waals surface area contributed by atoms with Crippen LogP contribution in [0.5, 0.6) is 0 Å². The number of benzene rings is 1. The SMILES string of the molecule is CCCN1CCc2c(C)c(NS(N)(=O)=O)c(C)c(NC(=O)C(C)(C)C)c21.Cl. The minimum atomic E-state index is -3.91. The fourth-order valence-electron chi connectivity index (χ4n) is 3.32. The second-order valence-corrected chi connectivity index (χ2v) is 9.21. The fourth-order valence-corrected chi connectivity index (χ4v) is 3.91. The van der Waals surface area contributed by atoms with Crippen molar-refractivity contribution in [3.63, 3.8) is 0 Å².